The molecule has 1 aliphatic carbocycles. The third kappa shape index (κ3) is 2.35. The van der Waals surface area contributed by atoms with Gasteiger partial charge < -0.3 is 10.2 Å². The first-order valence-electron chi connectivity index (χ1n) is 5.59. The second kappa shape index (κ2) is 4.16. The van der Waals surface area contributed by atoms with Crippen molar-refractivity contribution < 1.29 is 15.0 Å². The molecule has 86 valence electrons. The maximum absolute atomic E-state index is 10.8. The van der Waals surface area contributed by atoms with E-state index in [1.54, 1.807) is 12.1 Å². The average Bonchev–Trinajstić information content (AvgIpc) is 2.97. The minimum atomic E-state index is -0.746. The molecule has 0 spiro atoms. The van der Waals surface area contributed by atoms with Gasteiger partial charge in [-0.3, -0.25) is 4.79 Å². The van der Waals surface area contributed by atoms with E-state index in [-0.39, 0.29) is 18.1 Å². The Kier molecular flexibility index (Phi) is 2.86. The molecule has 1 atom stereocenters. The Morgan fingerprint density at radius 3 is 2.69 bits per heavy atom. The van der Waals surface area contributed by atoms with Gasteiger partial charge in [-0.05, 0) is 54.9 Å². The molecule has 0 saturated heterocycles. The molecule has 1 saturated carbocycles. The summed E-state index contributed by atoms with van der Waals surface area (Å²) in [6, 6.07) is 5.20. The molecule has 0 bridgehead atoms. The Morgan fingerprint density at radius 1 is 1.50 bits per heavy atom. The molecule has 2 N–H and O–H groups in total. The highest BCUT2D eigenvalue weighted by atomic mass is 16.4. The monoisotopic (exact) mass is 220 g/mol. The zero-order valence-electron chi connectivity index (χ0n) is 9.31. The number of phenolic OH excluding ortho intramolecular Hbond substituents is 1. The van der Waals surface area contributed by atoms with Gasteiger partial charge in [-0.2, -0.15) is 0 Å². The van der Waals surface area contributed by atoms with Crippen LogP contribution in [0.15, 0.2) is 18.2 Å². The minimum Gasteiger partial charge on any atom is -0.508 e. The maximum atomic E-state index is 10.8. The van der Waals surface area contributed by atoms with Crippen LogP contribution in [0.4, 0.5) is 0 Å². The van der Waals surface area contributed by atoms with Gasteiger partial charge in [0.2, 0.25) is 0 Å². The van der Waals surface area contributed by atoms with Gasteiger partial charge in [0, 0.05) is 0 Å². The van der Waals surface area contributed by atoms with Gasteiger partial charge in [0.15, 0.2) is 0 Å². The Balaban J connectivity index is 2.27. The Morgan fingerprint density at radius 2 is 2.19 bits per heavy atom. The van der Waals surface area contributed by atoms with Crippen molar-refractivity contribution in [3.63, 3.8) is 0 Å². The van der Waals surface area contributed by atoms with E-state index < -0.39 is 5.97 Å². The van der Waals surface area contributed by atoms with E-state index in [0.717, 1.165) is 24.0 Å². The van der Waals surface area contributed by atoms with Gasteiger partial charge in [0.25, 0.3) is 0 Å². The topological polar surface area (TPSA) is 57.5 Å². The van der Waals surface area contributed by atoms with E-state index in [1.807, 2.05) is 13.0 Å². The van der Waals surface area contributed by atoms with E-state index in [2.05, 4.69) is 0 Å². The van der Waals surface area contributed by atoms with Crippen LogP contribution in [0, 0.1) is 12.8 Å². The normalized spacial score (nSPS) is 17.1. The molecule has 16 heavy (non-hydrogen) atoms. The second-order valence-electron chi connectivity index (χ2n) is 4.58. The quantitative estimate of drug-likeness (QED) is 0.820. The highest BCUT2D eigenvalue weighted by Crippen LogP contribution is 2.45. The number of carboxylic acid groups (broad SMARTS) is 1. The molecule has 1 unspecified atom stereocenters. The van der Waals surface area contributed by atoms with Crippen LogP contribution in [-0.2, 0) is 4.79 Å². The van der Waals surface area contributed by atoms with Crippen molar-refractivity contribution >= 4 is 5.97 Å². The number of benzene rings is 1. The molecule has 0 radical (unpaired) electrons. The number of aryl methyl sites for hydroxylation is 1. The van der Waals surface area contributed by atoms with Crippen LogP contribution in [0.2, 0.25) is 0 Å². The third-order valence-electron chi connectivity index (χ3n) is 3.24. The number of hydrogen-bond donors (Lipinski definition) is 2. The maximum Gasteiger partial charge on any atom is 0.303 e. The van der Waals surface area contributed by atoms with Gasteiger partial charge in [-0.15, -0.1) is 0 Å². The molecular formula is C13H16O3. The second-order valence-corrected chi connectivity index (χ2v) is 4.58. The lowest BCUT2D eigenvalue weighted by Crippen LogP contribution is -2.09. The van der Waals surface area contributed by atoms with Crippen LogP contribution >= 0.6 is 0 Å². The molecule has 1 aromatic carbocycles. The molecule has 1 aromatic rings. The number of hydrogen-bond acceptors (Lipinski definition) is 2. The fourth-order valence-electron chi connectivity index (χ4n) is 2.29. The first-order chi connectivity index (χ1) is 7.58. The van der Waals surface area contributed by atoms with E-state index in [0.29, 0.717) is 5.92 Å². The van der Waals surface area contributed by atoms with Crippen molar-refractivity contribution in [2.45, 2.75) is 32.1 Å². The summed E-state index contributed by atoms with van der Waals surface area (Å²) in [5.74, 6) is 0.118. The lowest BCUT2D eigenvalue weighted by molar-refractivity contribution is -0.137. The summed E-state index contributed by atoms with van der Waals surface area (Å²) in [5.41, 5.74) is 2.06. The predicted molar refractivity (Wildman–Crippen MR) is 60.6 cm³/mol. The summed E-state index contributed by atoms with van der Waals surface area (Å²) in [7, 11) is 0. The van der Waals surface area contributed by atoms with Gasteiger partial charge in [0.05, 0.1) is 6.42 Å². The van der Waals surface area contributed by atoms with Crippen molar-refractivity contribution in [3.05, 3.63) is 29.3 Å². The zero-order valence-corrected chi connectivity index (χ0v) is 9.31. The fourth-order valence-corrected chi connectivity index (χ4v) is 2.29. The van der Waals surface area contributed by atoms with Crippen LogP contribution in [0.3, 0.4) is 0 Å². The molecule has 1 fully saturated rings. The number of aliphatic carboxylic acids is 1. The average molecular weight is 220 g/mol. The number of rotatable bonds is 4. The van der Waals surface area contributed by atoms with Crippen LogP contribution in [0.5, 0.6) is 5.75 Å². The van der Waals surface area contributed by atoms with E-state index in [4.69, 9.17) is 5.11 Å². The molecule has 3 nitrogen and oxygen atoms in total. The van der Waals surface area contributed by atoms with E-state index >= 15 is 0 Å². The molecule has 1 aliphatic rings. The summed E-state index contributed by atoms with van der Waals surface area (Å²) in [6.07, 6.45) is 2.44. The SMILES string of the molecule is Cc1cc(O)ccc1C(CC(=O)O)C1CC1. The lowest BCUT2D eigenvalue weighted by Gasteiger charge is -2.17. The Hall–Kier alpha value is -1.51. The molecule has 2 rings (SSSR count). The Labute approximate surface area is 94.7 Å². The summed E-state index contributed by atoms with van der Waals surface area (Å²) >= 11 is 0. The minimum absolute atomic E-state index is 0.109. The number of aromatic hydroxyl groups is 1. The largest absolute Gasteiger partial charge is 0.508 e. The summed E-state index contributed by atoms with van der Waals surface area (Å²) in [5, 5.41) is 18.3. The van der Waals surface area contributed by atoms with Crippen molar-refractivity contribution in [2.24, 2.45) is 5.92 Å². The smallest absolute Gasteiger partial charge is 0.303 e. The molecule has 0 heterocycles. The summed E-state index contributed by atoms with van der Waals surface area (Å²) < 4.78 is 0. The van der Waals surface area contributed by atoms with E-state index in [9.17, 15) is 9.90 Å². The standard InChI is InChI=1S/C13H16O3/c1-8-6-10(14)4-5-11(8)12(7-13(15)16)9-2-3-9/h4-6,9,12,14H,2-3,7H2,1H3,(H,15,16). The first kappa shape index (κ1) is 11.0. The third-order valence-corrected chi connectivity index (χ3v) is 3.24. The highest BCUT2D eigenvalue weighted by molar-refractivity contribution is 5.68. The van der Waals surface area contributed by atoms with Crippen molar-refractivity contribution in [1.82, 2.24) is 0 Å². The van der Waals surface area contributed by atoms with Crippen LogP contribution in [0.25, 0.3) is 0 Å². The summed E-state index contributed by atoms with van der Waals surface area (Å²) in [6.45, 7) is 1.92. The van der Waals surface area contributed by atoms with Crippen molar-refractivity contribution in [3.8, 4) is 5.75 Å². The Bertz CT molecular complexity index is 408. The highest BCUT2D eigenvalue weighted by Gasteiger charge is 2.34. The lowest BCUT2D eigenvalue weighted by atomic mass is 9.88. The fraction of sp³-hybridized carbons (Fsp3) is 0.462. The molecule has 0 amide bonds. The van der Waals surface area contributed by atoms with Gasteiger partial charge in [-0.1, -0.05) is 6.07 Å². The van der Waals surface area contributed by atoms with Gasteiger partial charge >= 0.3 is 5.97 Å². The van der Waals surface area contributed by atoms with Gasteiger partial charge in [-0.25, -0.2) is 0 Å². The van der Waals surface area contributed by atoms with Crippen molar-refractivity contribution in [1.29, 1.82) is 0 Å². The van der Waals surface area contributed by atoms with Crippen LogP contribution in [0.1, 0.15) is 36.3 Å². The molecule has 0 aliphatic heterocycles. The molecular weight excluding hydrogens is 204 g/mol. The van der Waals surface area contributed by atoms with Crippen molar-refractivity contribution in [2.75, 3.05) is 0 Å². The van der Waals surface area contributed by atoms with Gasteiger partial charge in [0.1, 0.15) is 5.75 Å². The summed E-state index contributed by atoms with van der Waals surface area (Å²) in [4.78, 5) is 10.8. The molecule has 3 heteroatoms. The number of phenols is 1. The molecule has 0 aromatic heterocycles. The first-order valence-corrected chi connectivity index (χ1v) is 5.59. The van der Waals surface area contributed by atoms with Crippen LogP contribution in [-0.4, -0.2) is 16.2 Å². The number of carboxylic acids is 1. The van der Waals surface area contributed by atoms with Crippen LogP contribution < -0.4 is 0 Å². The zero-order chi connectivity index (χ0) is 11.7. The number of carbonyl (C=O) groups is 1. The predicted octanol–water partition coefficient (Wildman–Crippen LogP) is 2.67. The van der Waals surface area contributed by atoms with E-state index in [1.165, 1.54) is 0 Å².